The molecule has 2 heterocycles. The predicted octanol–water partition coefficient (Wildman–Crippen LogP) is 4.50. The Labute approximate surface area is 263 Å². The summed E-state index contributed by atoms with van der Waals surface area (Å²) in [7, 11) is 1.13. The molecule has 234 valence electrons. The van der Waals surface area contributed by atoms with Gasteiger partial charge in [-0.3, -0.25) is 9.59 Å². The summed E-state index contributed by atoms with van der Waals surface area (Å²) in [4.78, 5) is 36.1. The lowest BCUT2D eigenvalue weighted by Gasteiger charge is -2.14. The molecule has 14 heteroatoms. The molecule has 0 aliphatic carbocycles. The van der Waals surface area contributed by atoms with Gasteiger partial charge < -0.3 is 24.4 Å². The van der Waals surface area contributed by atoms with Gasteiger partial charge in [-0.05, 0) is 52.0 Å². The number of hydrogen-bond donors (Lipinski definition) is 2. The topological polar surface area (TPSA) is 155 Å². The van der Waals surface area contributed by atoms with Crippen molar-refractivity contribution < 1.29 is 29.2 Å². The van der Waals surface area contributed by atoms with E-state index < -0.39 is 28.4 Å². The predicted molar refractivity (Wildman–Crippen MR) is 165 cm³/mol. The summed E-state index contributed by atoms with van der Waals surface area (Å²) in [5.74, 6) is -0.396. The van der Waals surface area contributed by atoms with Crippen LogP contribution in [0.5, 0.6) is 23.0 Å². The van der Waals surface area contributed by atoms with Gasteiger partial charge in [-0.2, -0.15) is 10.2 Å². The molecule has 2 N–H and O–H groups in total. The number of methoxy groups -OCH3 is 1. The van der Waals surface area contributed by atoms with E-state index in [2.05, 4.69) is 14.9 Å². The molecule has 0 saturated heterocycles. The van der Waals surface area contributed by atoms with Crippen LogP contribution < -0.4 is 20.6 Å². The van der Waals surface area contributed by atoms with Crippen LogP contribution in [-0.4, -0.2) is 56.1 Å². The maximum absolute atomic E-state index is 12.5. The number of ether oxygens (including phenoxy) is 3. The van der Waals surface area contributed by atoms with Crippen molar-refractivity contribution in [2.24, 2.45) is 0 Å². The number of nitrogens with zero attached hydrogens (tertiary/aromatic N) is 4. The summed E-state index contributed by atoms with van der Waals surface area (Å²) < 4.78 is 17.9. The Bertz CT molecular complexity index is 1770. The molecule has 2 aromatic heterocycles. The largest absolute Gasteiger partial charge is 0.506 e. The van der Waals surface area contributed by atoms with Gasteiger partial charge in [0.25, 0.3) is 11.1 Å². The van der Waals surface area contributed by atoms with Crippen molar-refractivity contribution in [2.75, 3.05) is 20.3 Å². The van der Waals surface area contributed by atoms with Gasteiger partial charge in [0, 0.05) is 27.2 Å². The highest BCUT2D eigenvalue weighted by Gasteiger charge is 2.23. The molecule has 0 saturated carbocycles. The number of carbonyl (C=O) groups excluding carboxylic acids is 1. The molecule has 0 spiro atoms. The average Bonchev–Trinajstić information content (AvgIpc) is 2.98. The third-order valence-corrected chi connectivity index (χ3v) is 6.92. The van der Waals surface area contributed by atoms with E-state index in [9.17, 15) is 24.6 Å². The molecule has 4 aromatic rings. The lowest BCUT2D eigenvalue weighted by Crippen LogP contribution is -2.30. The molecule has 0 unspecified atom stereocenters. The first kappa shape index (κ1) is 33.9. The first-order chi connectivity index (χ1) is 20.9. The van der Waals surface area contributed by atoms with E-state index in [0.717, 1.165) is 17.9 Å². The van der Waals surface area contributed by atoms with Crippen LogP contribution >= 0.6 is 23.2 Å². The summed E-state index contributed by atoms with van der Waals surface area (Å²) in [6.45, 7) is 7.92. The van der Waals surface area contributed by atoms with E-state index in [4.69, 9.17) is 32.7 Å². The molecule has 0 aliphatic rings. The zero-order valence-corrected chi connectivity index (χ0v) is 26.3. The van der Waals surface area contributed by atoms with Crippen LogP contribution in [0.15, 0.2) is 52.1 Å². The fourth-order valence-electron chi connectivity index (χ4n) is 4.03. The third-order valence-electron chi connectivity index (χ3n) is 6.21. The number of aryl methyl sites for hydroxylation is 2. The molecule has 0 atom stereocenters. The van der Waals surface area contributed by atoms with Crippen LogP contribution in [0.25, 0.3) is 0 Å². The van der Waals surface area contributed by atoms with E-state index in [-0.39, 0.29) is 24.5 Å². The molecule has 0 radical (unpaired) electrons. The normalized spacial score (nSPS) is 10.5. The van der Waals surface area contributed by atoms with Gasteiger partial charge in [-0.1, -0.05) is 35.3 Å². The van der Waals surface area contributed by atoms with Crippen LogP contribution in [0.4, 0.5) is 0 Å². The molecule has 0 aliphatic heterocycles. The monoisotopic (exact) mass is 646 g/mol. The SMILES string of the molecule is CCOc1cccc(Cl)c1Cn1nc(C)c(O)c(C(=O)OC)c1=O.CCOc1cccc(Cl)c1Cn1nc(C)c(O)cc1=O. The molecule has 12 nitrogen and oxygen atoms in total. The van der Waals surface area contributed by atoms with Crippen molar-refractivity contribution in [3.8, 4) is 23.0 Å². The smallest absolute Gasteiger partial charge is 0.347 e. The first-order valence-electron chi connectivity index (χ1n) is 13.4. The second kappa shape index (κ2) is 15.3. The van der Waals surface area contributed by atoms with Crippen LogP contribution in [0.3, 0.4) is 0 Å². The molecule has 44 heavy (non-hydrogen) atoms. The summed E-state index contributed by atoms with van der Waals surface area (Å²) >= 11 is 12.4. The van der Waals surface area contributed by atoms with Crippen molar-refractivity contribution in [1.29, 1.82) is 0 Å². The maximum Gasteiger partial charge on any atom is 0.347 e. The number of carbonyl (C=O) groups is 1. The zero-order chi connectivity index (χ0) is 32.6. The maximum atomic E-state index is 12.5. The van der Waals surface area contributed by atoms with E-state index in [1.807, 2.05) is 13.8 Å². The van der Waals surface area contributed by atoms with Crippen molar-refractivity contribution in [3.63, 3.8) is 0 Å². The van der Waals surface area contributed by atoms with Crippen molar-refractivity contribution in [3.05, 3.63) is 101 Å². The van der Waals surface area contributed by atoms with Gasteiger partial charge >= 0.3 is 5.97 Å². The van der Waals surface area contributed by atoms with Crippen molar-refractivity contribution >= 4 is 29.2 Å². The Balaban J connectivity index is 0.000000244. The highest BCUT2D eigenvalue weighted by atomic mass is 35.5. The number of halogens is 2. The summed E-state index contributed by atoms with van der Waals surface area (Å²) in [6.07, 6.45) is 0. The second-order valence-corrected chi connectivity index (χ2v) is 9.99. The van der Waals surface area contributed by atoms with E-state index in [1.165, 1.54) is 11.6 Å². The first-order valence-corrected chi connectivity index (χ1v) is 14.2. The Morgan fingerprint density at radius 3 is 1.84 bits per heavy atom. The zero-order valence-electron chi connectivity index (χ0n) is 24.8. The number of hydrogen-bond acceptors (Lipinski definition) is 10. The fraction of sp³-hybridized carbons (Fsp3) is 0.300. The van der Waals surface area contributed by atoms with E-state index >= 15 is 0 Å². The van der Waals surface area contributed by atoms with Crippen LogP contribution in [0, 0.1) is 13.8 Å². The quantitative estimate of drug-likeness (QED) is 0.248. The number of benzene rings is 2. The summed E-state index contributed by atoms with van der Waals surface area (Å²) in [5, 5.41) is 28.4. The van der Waals surface area contributed by atoms with Gasteiger partial charge in [0.1, 0.15) is 22.9 Å². The van der Waals surface area contributed by atoms with Crippen LogP contribution in [0.1, 0.15) is 46.7 Å². The lowest BCUT2D eigenvalue weighted by atomic mass is 10.2. The molecular formula is C30H32Cl2N4O8. The Morgan fingerprint density at radius 1 is 0.841 bits per heavy atom. The number of esters is 1. The lowest BCUT2D eigenvalue weighted by molar-refractivity contribution is 0.0593. The molecule has 2 aromatic carbocycles. The van der Waals surface area contributed by atoms with Crippen LogP contribution in [0.2, 0.25) is 10.0 Å². The average molecular weight is 648 g/mol. The van der Waals surface area contributed by atoms with Crippen molar-refractivity contribution in [2.45, 2.75) is 40.8 Å². The minimum atomic E-state index is -0.930. The summed E-state index contributed by atoms with van der Waals surface area (Å²) in [5.41, 5.74) is 0.125. The fourth-order valence-corrected chi connectivity index (χ4v) is 4.49. The molecule has 4 rings (SSSR count). The highest BCUT2D eigenvalue weighted by Crippen LogP contribution is 2.28. The minimum Gasteiger partial charge on any atom is -0.506 e. The third kappa shape index (κ3) is 7.88. The van der Waals surface area contributed by atoms with Gasteiger partial charge in [0.05, 0.1) is 39.1 Å². The Hall–Kier alpha value is -4.55. The van der Waals surface area contributed by atoms with Crippen molar-refractivity contribution in [1.82, 2.24) is 19.6 Å². The number of aromatic nitrogens is 4. The van der Waals surface area contributed by atoms with Gasteiger partial charge in [-0.25, -0.2) is 14.2 Å². The van der Waals surface area contributed by atoms with E-state index in [0.29, 0.717) is 51.6 Å². The molecular weight excluding hydrogens is 615 g/mol. The Kier molecular flexibility index (Phi) is 11.8. The summed E-state index contributed by atoms with van der Waals surface area (Å²) in [6, 6.07) is 11.6. The van der Waals surface area contributed by atoms with Gasteiger partial charge in [0.2, 0.25) is 0 Å². The Morgan fingerprint density at radius 2 is 1.34 bits per heavy atom. The van der Waals surface area contributed by atoms with E-state index in [1.54, 1.807) is 43.3 Å². The van der Waals surface area contributed by atoms with Gasteiger partial charge in [0.15, 0.2) is 11.3 Å². The number of rotatable bonds is 9. The van der Waals surface area contributed by atoms with Crippen LogP contribution in [-0.2, 0) is 17.8 Å². The highest BCUT2D eigenvalue weighted by molar-refractivity contribution is 6.31. The standard InChI is InChI=1S/C16H17ClN2O5.C14H15ClN2O3/c1-4-24-12-7-5-6-11(17)10(12)8-19-15(21)13(16(22)23-3)14(20)9(2)18-19;1-3-20-13-6-4-5-11(15)10(13)8-17-14(19)7-12(18)9(2)16-17/h5-7,20H,4,8H2,1-3H3;4-7,18H,3,8H2,1-2H3. The minimum absolute atomic E-state index is 0.0149. The second-order valence-electron chi connectivity index (χ2n) is 9.17. The molecule has 0 amide bonds. The number of aromatic hydroxyl groups is 2. The van der Waals surface area contributed by atoms with Gasteiger partial charge in [-0.15, -0.1) is 0 Å². The molecule has 0 bridgehead atoms. The molecule has 0 fully saturated rings.